The molecular weight excluding hydrogens is 156 g/mol. The Bertz CT molecular complexity index is 171. The van der Waals surface area contributed by atoms with Crippen LogP contribution in [0.15, 0.2) is 0 Å². The van der Waals surface area contributed by atoms with E-state index >= 15 is 0 Å². The fraction of sp³-hybridized carbons (Fsp3) is 0.889. The van der Waals surface area contributed by atoms with Crippen LogP contribution >= 0.6 is 0 Å². The third-order valence-electron chi connectivity index (χ3n) is 2.64. The van der Waals surface area contributed by atoms with Gasteiger partial charge in [-0.15, -0.1) is 0 Å². The van der Waals surface area contributed by atoms with Crippen LogP contribution in [0, 0.1) is 5.41 Å². The quantitative estimate of drug-likeness (QED) is 0.648. The Kier molecular flexibility index (Phi) is 2.73. The van der Waals surface area contributed by atoms with Crippen LogP contribution in [0.2, 0.25) is 0 Å². The summed E-state index contributed by atoms with van der Waals surface area (Å²) in [5, 5.41) is 9.12. The summed E-state index contributed by atoms with van der Waals surface area (Å²) in [6.07, 6.45) is 1.61. The number of carbonyl (C=O) groups excluding carboxylic acids is 1. The SMILES string of the molecule is CCOC(=O)C1(CC)CC(O)C1. The van der Waals surface area contributed by atoms with Crippen LogP contribution in [0.3, 0.4) is 0 Å². The maximum Gasteiger partial charge on any atom is 0.312 e. The predicted molar refractivity (Wildman–Crippen MR) is 44.6 cm³/mol. The number of rotatable bonds is 3. The zero-order chi connectivity index (χ0) is 9.19. The van der Waals surface area contributed by atoms with Gasteiger partial charge >= 0.3 is 5.97 Å². The highest BCUT2D eigenvalue weighted by Crippen LogP contribution is 2.44. The summed E-state index contributed by atoms with van der Waals surface area (Å²) in [4.78, 5) is 11.4. The van der Waals surface area contributed by atoms with Gasteiger partial charge < -0.3 is 9.84 Å². The van der Waals surface area contributed by atoms with Gasteiger partial charge in [-0.3, -0.25) is 4.79 Å². The molecule has 0 amide bonds. The Hall–Kier alpha value is -0.570. The standard InChI is InChI=1S/C9H16O3/c1-3-9(5-7(10)6-9)8(11)12-4-2/h7,10H,3-6H2,1-2H3. The van der Waals surface area contributed by atoms with Crippen molar-refractivity contribution in [3.8, 4) is 0 Å². The van der Waals surface area contributed by atoms with Gasteiger partial charge in [-0.05, 0) is 26.2 Å². The summed E-state index contributed by atoms with van der Waals surface area (Å²) in [5.41, 5.74) is -0.366. The highest BCUT2D eigenvalue weighted by atomic mass is 16.5. The summed E-state index contributed by atoms with van der Waals surface area (Å²) in [6.45, 7) is 4.19. The van der Waals surface area contributed by atoms with Crippen molar-refractivity contribution in [2.24, 2.45) is 5.41 Å². The van der Waals surface area contributed by atoms with Crippen molar-refractivity contribution in [1.82, 2.24) is 0 Å². The topological polar surface area (TPSA) is 46.5 Å². The lowest BCUT2D eigenvalue weighted by molar-refractivity contribution is -0.169. The molecule has 3 heteroatoms. The van der Waals surface area contributed by atoms with Gasteiger partial charge in [-0.2, -0.15) is 0 Å². The lowest BCUT2D eigenvalue weighted by Crippen LogP contribution is -2.47. The molecule has 70 valence electrons. The average molecular weight is 172 g/mol. The second-order valence-corrected chi connectivity index (χ2v) is 3.42. The smallest absolute Gasteiger partial charge is 0.312 e. The van der Waals surface area contributed by atoms with Gasteiger partial charge in [0, 0.05) is 0 Å². The van der Waals surface area contributed by atoms with Crippen LogP contribution in [0.4, 0.5) is 0 Å². The van der Waals surface area contributed by atoms with Crippen molar-refractivity contribution in [2.45, 2.75) is 39.2 Å². The molecule has 0 spiro atoms. The molecule has 0 bridgehead atoms. The van der Waals surface area contributed by atoms with Crippen LogP contribution < -0.4 is 0 Å². The van der Waals surface area contributed by atoms with Gasteiger partial charge in [0.15, 0.2) is 0 Å². The largest absolute Gasteiger partial charge is 0.466 e. The van der Waals surface area contributed by atoms with Gasteiger partial charge in [-0.25, -0.2) is 0 Å². The van der Waals surface area contributed by atoms with Crippen LogP contribution in [0.1, 0.15) is 33.1 Å². The fourth-order valence-corrected chi connectivity index (χ4v) is 1.73. The molecule has 1 fully saturated rings. The van der Waals surface area contributed by atoms with Crippen molar-refractivity contribution in [1.29, 1.82) is 0 Å². The summed E-state index contributed by atoms with van der Waals surface area (Å²) < 4.78 is 4.94. The minimum atomic E-state index is -0.366. The number of carbonyl (C=O) groups is 1. The van der Waals surface area contributed by atoms with E-state index in [1.54, 1.807) is 6.92 Å². The number of ether oxygens (including phenoxy) is 1. The van der Waals surface area contributed by atoms with Crippen LogP contribution in [-0.2, 0) is 9.53 Å². The van der Waals surface area contributed by atoms with E-state index in [2.05, 4.69) is 0 Å². The molecule has 0 aromatic heterocycles. The zero-order valence-electron chi connectivity index (χ0n) is 7.67. The zero-order valence-corrected chi connectivity index (χ0v) is 7.67. The molecule has 3 nitrogen and oxygen atoms in total. The highest BCUT2D eigenvalue weighted by molar-refractivity contribution is 5.78. The molecule has 0 aliphatic heterocycles. The molecule has 0 saturated heterocycles. The van der Waals surface area contributed by atoms with Gasteiger partial charge in [0.1, 0.15) is 0 Å². The second kappa shape index (κ2) is 3.44. The summed E-state index contributed by atoms with van der Waals surface area (Å²) in [7, 11) is 0. The molecule has 1 N–H and O–H groups in total. The van der Waals surface area contributed by atoms with Gasteiger partial charge in [0.05, 0.1) is 18.1 Å². The van der Waals surface area contributed by atoms with E-state index < -0.39 is 0 Å². The average Bonchev–Trinajstić information content (AvgIpc) is 1.98. The minimum absolute atomic E-state index is 0.141. The third-order valence-corrected chi connectivity index (χ3v) is 2.64. The predicted octanol–water partition coefficient (Wildman–Crippen LogP) is 1.10. The third kappa shape index (κ3) is 1.46. The molecule has 0 heterocycles. The van der Waals surface area contributed by atoms with E-state index in [-0.39, 0.29) is 17.5 Å². The van der Waals surface area contributed by atoms with Gasteiger partial charge in [0.2, 0.25) is 0 Å². The van der Waals surface area contributed by atoms with Crippen molar-refractivity contribution in [2.75, 3.05) is 6.61 Å². The summed E-state index contributed by atoms with van der Waals surface area (Å²) in [6, 6.07) is 0. The summed E-state index contributed by atoms with van der Waals surface area (Å²) in [5.74, 6) is -0.141. The lowest BCUT2D eigenvalue weighted by Gasteiger charge is -2.42. The second-order valence-electron chi connectivity index (χ2n) is 3.42. The number of hydrogen-bond donors (Lipinski definition) is 1. The Morgan fingerprint density at radius 3 is 2.50 bits per heavy atom. The minimum Gasteiger partial charge on any atom is -0.466 e. The van der Waals surface area contributed by atoms with Crippen molar-refractivity contribution in [3.05, 3.63) is 0 Å². The molecule has 1 rings (SSSR count). The van der Waals surface area contributed by atoms with Crippen molar-refractivity contribution < 1.29 is 14.6 Å². The first-order valence-corrected chi connectivity index (χ1v) is 4.50. The van der Waals surface area contributed by atoms with E-state index in [1.807, 2.05) is 6.92 Å². The number of aliphatic hydroxyl groups is 1. The molecular formula is C9H16O3. The molecule has 0 aromatic rings. The Balaban J connectivity index is 2.51. The highest BCUT2D eigenvalue weighted by Gasteiger charge is 2.49. The molecule has 12 heavy (non-hydrogen) atoms. The first-order valence-electron chi connectivity index (χ1n) is 4.50. The summed E-state index contributed by atoms with van der Waals surface area (Å²) >= 11 is 0. The molecule has 0 radical (unpaired) electrons. The normalized spacial score (nSPS) is 34.1. The lowest BCUT2D eigenvalue weighted by atomic mass is 9.65. The van der Waals surface area contributed by atoms with Crippen LogP contribution in [-0.4, -0.2) is 23.8 Å². The number of aliphatic hydroxyl groups excluding tert-OH is 1. The van der Waals surface area contributed by atoms with Crippen LogP contribution in [0.25, 0.3) is 0 Å². The number of hydrogen-bond acceptors (Lipinski definition) is 3. The first-order chi connectivity index (χ1) is 5.64. The first kappa shape index (κ1) is 9.52. The molecule has 1 saturated carbocycles. The van der Waals surface area contributed by atoms with E-state index in [1.165, 1.54) is 0 Å². The van der Waals surface area contributed by atoms with Crippen molar-refractivity contribution in [3.63, 3.8) is 0 Å². The van der Waals surface area contributed by atoms with Gasteiger partial charge in [0.25, 0.3) is 0 Å². The monoisotopic (exact) mass is 172 g/mol. The van der Waals surface area contributed by atoms with E-state index in [0.29, 0.717) is 19.4 Å². The van der Waals surface area contributed by atoms with E-state index in [0.717, 1.165) is 6.42 Å². The molecule has 0 unspecified atom stereocenters. The maximum atomic E-state index is 11.4. The van der Waals surface area contributed by atoms with E-state index in [9.17, 15) is 4.79 Å². The van der Waals surface area contributed by atoms with Crippen LogP contribution in [0.5, 0.6) is 0 Å². The van der Waals surface area contributed by atoms with Crippen molar-refractivity contribution >= 4 is 5.97 Å². The molecule has 0 atom stereocenters. The Morgan fingerprint density at radius 2 is 2.17 bits per heavy atom. The van der Waals surface area contributed by atoms with Gasteiger partial charge in [-0.1, -0.05) is 6.92 Å². The van der Waals surface area contributed by atoms with E-state index in [4.69, 9.17) is 9.84 Å². The molecule has 1 aliphatic carbocycles. The molecule has 1 aliphatic rings. The number of esters is 1. The Labute approximate surface area is 72.7 Å². The maximum absolute atomic E-state index is 11.4. The fourth-order valence-electron chi connectivity index (χ4n) is 1.73. The molecule has 0 aromatic carbocycles. The Morgan fingerprint density at radius 1 is 1.58 bits per heavy atom.